The van der Waals surface area contributed by atoms with E-state index in [1.165, 1.54) is 105 Å². The number of halogens is 1. The van der Waals surface area contributed by atoms with E-state index in [0.717, 1.165) is 123 Å². The topological polar surface area (TPSA) is 45.7 Å². The molecule has 8 nitrogen and oxygen atoms in total. The Morgan fingerprint density at radius 2 is 0.542 bits per heavy atom. The first-order valence-electron chi connectivity index (χ1n) is 49.4. The second-order valence-corrected chi connectivity index (χ2v) is 42.2. The van der Waals surface area contributed by atoms with Gasteiger partial charge in [0.15, 0.2) is 0 Å². The van der Waals surface area contributed by atoms with E-state index >= 15 is 0 Å². The minimum Gasteiger partial charge on any atom is -0.471 e. The molecule has 20 aromatic carbocycles. The van der Waals surface area contributed by atoms with Crippen LogP contribution >= 0.6 is 11.6 Å². The van der Waals surface area contributed by atoms with Crippen LogP contribution in [0.5, 0.6) is 0 Å². The summed E-state index contributed by atoms with van der Waals surface area (Å²) >= 11 is 8.05. The number of rotatable bonds is 16. The molecule has 0 atom stereocenters. The van der Waals surface area contributed by atoms with Crippen molar-refractivity contribution in [1.82, 2.24) is 0 Å². The maximum absolute atomic E-state index is 8.05. The van der Waals surface area contributed by atoms with E-state index in [-0.39, 0.29) is 28.4 Å². The lowest BCUT2D eigenvalue weighted by molar-refractivity contribution is 0.572. The number of nitrogens with zero attached hydrogens (tertiary/aromatic N) is 6. The van der Waals surface area contributed by atoms with Crippen LogP contribution in [0.3, 0.4) is 0 Å². The van der Waals surface area contributed by atoms with Crippen LogP contribution in [-0.2, 0) is 21.7 Å². The molecule has 22 aromatic rings. The standard InChI is InChI=1S/C66H54BN3O.C66H56ClN3O/c1-65(2,3)46-30-32-50(33-31-46)68(64-54-28-18-16-26-52(54)62(43-20-10-7-11-21-43)53-27-17-19-29-55(53)64)51-34-35-56-59(40-51)70(49-24-14-9-15-25-49)61-39-47(66(4,5)6)38-60-63(61)67(56)57-36-44-41-71-42-45(44)37-58(57)69(60)48-22-12-8-13-23-48;1-65(2,3)48-34-37-52(38-35-48)70(64-58-31-18-16-29-56(58)62(45-21-10-7-11-22-45)57-30-17-19-32-59(57)64)54-28-20-27-53(42-54)68(50-23-12-8-13-24-50)60-40-49(66(4,5)6)41-61(63(60)67)69(51-25-14-9-15-26-51)55-36-33-46-43-71-44-47(46)39-55/h7-42H,1-6H3;7-44H,1-6H3. The third kappa shape index (κ3) is 16.1. The van der Waals surface area contributed by atoms with Crippen LogP contribution in [0.1, 0.15) is 105 Å². The van der Waals surface area contributed by atoms with E-state index in [1.54, 1.807) is 12.5 Å². The lowest BCUT2D eigenvalue weighted by atomic mass is 9.33. The molecule has 2 aliphatic heterocycles. The number of hydrogen-bond acceptors (Lipinski definition) is 8. The van der Waals surface area contributed by atoms with E-state index < -0.39 is 0 Å². The fraction of sp³-hybridized carbons (Fsp3) is 0.121. The fourth-order valence-electron chi connectivity index (χ4n) is 21.5. The number of fused-ring (bicyclic) bond motifs is 10. The Balaban J connectivity index is 0.000000158. The summed E-state index contributed by atoms with van der Waals surface area (Å²) in [5, 5.41) is 14.4. The summed E-state index contributed by atoms with van der Waals surface area (Å²) in [6, 6.07) is 156. The van der Waals surface area contributed by atoms with E-state index in [1.807, 2.05) is 12.5 Å². The van der Waals surface area contributed by atoms with Crippen molar-refractivity contribution in [2.24, 2.45) is 0 Å². The van der Waals surface area contributed by atoms with Crippen LogP contribution < -0.4 is 45.8 Å². The van der Waals surface area contributed by atoms with Crippen LogP contribution in [0, 0.1) is 0 Å². The van der Waals surface area contributed by atoms with Crippen molar-refractivity contribution in [2.75, 3.05) is 29.4 Å². The summed E-state index contributed by atoms with van der Waals surface area (Å²) in [6.45, 7) is 27.4. The summed E-state index contributed by atoms with van der Waals surface area (Å²) in [5.41, 5.74) is 32.4. The highest BCUT2D eigenvalue weighted by Gasteiger charge is 2.46. The maximum Gasteiger partial charge on any atom is 0.252 e. The number of hydrogen-bond donors (Lipinski definition) is 0. The third-order valence-electron chi connectivity index (χ3n) is 28.6. The molecule has 2 aromatic heterocycles. The second kappa shape index (κ2) is 35.8. The minimum absolute atomic E-state index is 0.00530. The fourth-order valence-corrected chi connectivity index (χ4v) is 21.8. The Bertz CT molecular complexity index is 8410. The molecule has 142 heavy (non-hydrogen) atoms. The van der Waals surface area contributed by atoms with Crippen molar-refractivity contribution in [2.45, 2.75) is 105 Å². The van der Waals surface area contributed by atoms with Crippen molar-refractivity contribution < 1.29 is 8.83 Å². The Labute approximate surface area is 837 Å². The molecule has 0 N–H and O–H groups in total. The molecular weight excluding hydrogens is 1750 g/mol. The molecule has 690 valence electrons. The predicted molar refractivity (Wildman–Crippen MR) is 606 cm³/mol. The molecule has 0 radical (unpaired) electrons. The van der Waals surface area contributed by atoms with Crippen LogP contribution in [0.15, 0.2) is 459 Å². The van der Waals surface area contributed by atoms with E-state index in [4.69, 9.17) is 20.4 Å². The van der Waals surface area contributed by atoms with Crippen molar-refractivity contribution in [1.29, 1.82) is 0 Å². The zero-order chi connectivity index (χ0) is 97.0. The molecule has 0 spiro atoms. The summed E-state index contributed by atoms with van der Waals surface area (Å²) in [6.07, 6.45) is 7.36. The van der Waals surface area contributed by atoms with Crippen LogP contribution in [-0.4, -0.2) is 6.71 Å². The first-order chi connectivity index (χ1) is 68.9. The summed E-state index contributed by atoms with van der Waals surface area (Å²) < 4.78 is 11.6. The molecular formula is C132H110BClN6O2. The summed E-state index contributed by atoms with van der Waals surface area (Å²) in [7, 11) is 0. The molecule has 10 heteroatoms. The summed E-state index contributed by atoms with van der Waals surface area (Å²) in [4.78, 5) is 14.6. The molecule has 4 heterocycles. The van der Waals surface area contributed by atoms with Gasteiger partial charge in [-0.1, -0.05) is 368 Å². The minimum atomic E-state index is -0.237. The van der Waals surface area contributed by atoms with E-state index in [9.17, 15) is 0 Å². The van der Waals surface area contributed by atoms with Gasteiger partial charge in [0.1, 0.15) is 0 Å². The van der Waals surface area contributed by atoms with Gasteiger partial charge in [-0.05, 0) is 256 Å². The third-order valence-corrected chi connectivity index (χ3v) is 29.0. The van der Waals surface area contributed by atoms with Gasteiger partial charge < -0.3 is 38.2 Å². The second-order valence-electron chi connectivity index (χ2n) is 41.9. The lowest BCUT2D eigenvalue weighted by Gasteiger charge is -2.45. The Morgan fingerprint density at radius 3 is 0.958 bits per heavy atom. The van der Waals surface area contributed by atoms with Crippen molar-refractivity contribution in [3.05, 3.63) is 477 Å². The zero-order valence-electron chi connectivity index (χ0n) is 82.2. The van der Waals surface area contributed by atoms with Gasteiger partial charge in [0.25, 0.3) is 6.71 Å². The van der Waals surface area contributed by atoms with Crippen LogP contribution in [0.2, 0.25) is 5.02 Å². The smallest absolute Gasteiger partial charge is 0.252 e. The van der Waals surface area contributed by atoms with Gasteiger partial charge in [-0.2, -0.15) is 0 Å². The van der Waals surface area contributed by atoms with Gasteiger partial charge in [0, 0.05) is 123 Å². The Hall–Kier alpha value is -16.3. The molecule has 0 amide bonds. The predicted octanol–water partition coefficient (Wildman–Crippen LogP) is 36.6. The number of anilines is 18. The highest BCUT2D eigenvalue weighted by atomic mass is 35.5. The Morgan fingerprint density at radius 1 is 0.232 bits per heavy atom. The molecule has 0 aliphatic carbocycles. The quantitative estimate of drug-likeness (QED) is 0.0701. The summed E-state index contributed by atoms with van der Waals surface area (Å²) in [5.74, 6) is 0. The largest absolute Gasteiger partial charge is 0.471 e. The van der Waals surface area contributed by atoms with Gasteiger partial charge in [0.2, 0.25) is 0 Å². The Kier molecular flexibility index (Phi) is 22.6. The van der Waals surface area contributed by atoms with E-state index in [2.05, 4.69) is 537 Å². The molecule has 24 rings (SSSR count). The zero-order valence-corrected chi connectivity index (χ0v) is 82.9. The molecule has 2 aliphatic rings. The first-order valence-corrected chi connectivity index (χ1v) is 49.7. The van der Waals surface area contributed by atoms with Crippen molar-refractivity contribution in [3.63, 3.8) is 0 Å². The van der Waals surface area contributed by atoms with Gasteiger partial charge >= 0.3 is 0 Å². The molecule has 0 bridgehead atoms. The average Bonchev–Trinajstić information content (AvgIpc) is 0.906. The number of benzene rings is 20. The van der Waals surface area contributed by atoms with E-state index in [0.29, 0.717) is 5.02 Å². The van der Waals surface area contributed by atoms with Crippen LogP contribution in [0.25, 0.3) is 86.9 Å². The monoisotopic (exact) mass is 1860 g/mol. The lowest BCUT2D eigenvalue weighted by Crippen LogP contribution is -2.61. The SMILES string of the molecule is CC(C)(C)c1ccc(N(c2ccc3c(c2)N(c2ccccc2)c2cc(C(C)(C)C)cc4c2B3c2cc3cocc3cc2N4c2ccccc2)c2c3ccccc3c(-c3ccccc3)c3ccccc23)cc1.CC(C)(C)c1ccc(N(c2cccc(N(c3ccccc3)c3cc(C(C)(C)C)cc(N(c4ccccc4)c4ccc5cocc5c4)c3Cl)c2)c2c3ccccc3c(-c3ccccc3)c3ccccc23)cc1. The van der Waals surface area contributed by atoms with Gasteiger partial charge in [-0.3, -0.25) is 0 Å². The van der Waals surface area contributed by atoms with Gasteiger partial charge in [-0.15, -0.1) is 0 Å². The average molecular weight is 1860 g/mol. The normalized spacial score (nSPS) is 12.5. The molecule has 0 unspecified atom stereocenters. The molecule has 0 fully saturated rings. The van der Waals surface area contributed by atoms with Crippen molar-refractivity contribution >= 4 is 202 Å². The first kappa shape index (κ1) is 89.6. The van der Waals surface area contributed by atoms with Crippen LogP contribution in [0.4, 0.5) is 102 Å². The molecule has 0 saturated heterocycles. The van der Waals surface area contributed by atoms with Crippen molar-refractivity contribution in [3.8, 4) is 22.3 Å². The highest BCUT2D eigenvalue weighted by Crippen LogP contribution is 2.57. The number of furan rings is 2. The van der Waals surface area contributed by atoms with Gasteiger partial charge in [0.05, 0.1) is 52.8 Å². The van der Waals surface area contributed by atoms with Gasteiger partial charge in [-0.25, -0.2) is 0 Å². The molecule has 0 saturated carbocycles. The highest BCUT2D eigenvalue weighted by molar-refractivity contribution is 7.00. The maximum atomic E-state index is 8.05. The number of para-hydroxylation sites is 4.